The van der Waals surface area contributed by atoms with Crippen molar-refractivity contribution < 1.29 is 5.11 Å². The van der Waals surface area contributed by atoms with Crippen LogP contribution in [0, 0.1) is 13.5 Å². The van der Waals surface area contributed by atoms with E-state index in [9.17, 15) is 0 Å². The number of imidazole rings is 6. The average Bonchev–Trinajstić information content (AvgIpc) is 1.69. The molecule has 2 aliphatic heterocycles. The Bertz CT molecular complexity index is 4940. The zero-order valence-corrected chi connectivity index (χ0v) is 55.2. The van der Waals surface area contributed by atoms with Gasteiger partial charge in [-0.3, -0.25) is 9.98 Å². The van der Waals surface area contributed by atoms with E-state index in [1.165, 1.54) is 17.8 Å². The zero-order chi connectivity index (χ0) is 68.1. The summed E-state index contributed by atoms with van der Waals surface area (Å²) >= 11 is 0. The largest absolute Gasteiger partial charge is 0.388 e. The maximum absolute atomic E-state index is 8.74. The fraction of sp³-hybridized carbons (Fsp3) is 0.123. The van der Waals surface area contributed by atoms with Crippen molar-refractivity contribution in [2.24, 2.45) is 9.98 Å². The van der Waals surface area contributed by atoms with Crippen LogP contribution in [0.4, 0.5) is 0 Å². The van der Waals surface area contributed by atoms with E-state index in [1.54, 1.807) is 6.33 Å². The van der Waals surface area contributed by atoms with E-state index in [0.29, 0.717) is 12.4 Å². The summed E-state index contributed by atoms with van der Waals surface area (Å²) in [6.07, 6.45) is 4.02. The predicted molar refractivity (Wildman–Crippen MR) is 403 cm³/mol. The van der Waals surface area contributed by atoms with E-state index in [2.05, 4.69) is 148 Å². The molecule has 18 nitrogen and oxygen atoms in total. The van der Waals surface area contributed by atoms with E-state index in [1.807, 2.05) is 219 Å². The molecule has 18 rings (SSSR count). The fourth-order valence-electron chi connectivity index (χ4n) is 10.6. The molecule has 0 atom stereocenters. The summed E-state index contributed by atoms with van der Waals surface area (Å²) in [6.45, 7) is 15.0. The molecule has 0 unspecified atom stereocenters. The summed E-state index contributed by atoms with van der Waals surface area (Å²) < 4.78 is 0. The second-order valence-electron chi connectivity index (χ2n) is 22.5. The molecule has 0 saturated heterocycles. The molecule has 10 aromatic carbocycles. The van der Waals surface area contributed by atoms with Crippen LogP contribution in [-0.4, -0.2) is 103 Å². The Hall–Kier alpha value is -12.9. The Morgan fingerprint density at radius 2 is 0.838 bits per heavy atom. The fourth-order valence-corrected chi connectivity index (χ4v) is 10.6. The predicted octanol–water partition coefficient (Wildman–Crippen LogP) is 16.9. The van der Waals surface area contributed by atoms with Crippen LogP contribution in [0.25, 0.3) is 105 Å². The van der Waals surface area contributed by atoms with Crippen LogP contribution >= 0.6 is 0 Å². The van der Waals surface area contributed by atoms with E-state index in [0.717, 1.165) is 151 Å². The molecule has 8 heterocycles. The monoisotopic (exact) mass is 1300 g/mol. The number of aromatic amines is 6. The van der Waals surface area contributed by atoms with Crippen LogP contribution in [0.15, 0.2) is 289 Å². The Balaban J connectivity index is 0.000000117. The second kappa shape index (κ2) is 35.6. The molecule has 2 aliphatic rings. The van der Waals surface area contributed by atoms with Crippen LogP contribution in [0.1, 0.15) is 42.8 Å². The lowest BCUT2D eigenvalue weighted by atomic mass is 10.1. The Labute approximate surface area is 574 Å². The van der Waals surface area contributed by atoms with Gasteiger partial charge in [-0.1, -0.05) is 219 Å². The number of nitrogens with one attached hydrogen (secondary N) is 8. The van der Waals surface area contributed by atoms with Crippen molar-refractivity contribution >= 4 is 66.8 Å². The molecule has 492 valence electrons. The lowest BCUT2D eigenvalue weighted by Gasteiger charge is -2.02. The molecule has 18 heteroatoms. The highest BCUT2D eigenvalue weighted by atomic mass is 16.3. The van der Waals surface area contributed by atoms with Gasteiger partial charge in [0.2, 0.25) is 0 Å². The minimum absolute atomic E-state index is 0.0331. The van der Waals surface area contributed by atoms with Crippen LogP contribution in [0.3, 0.4) is 0 Å². The number of aromatic nitrogens is 12. The zero-order valence-electron chi connectivity index (χ0n) is 55.2. The number of rotatable bonds is 9. The highest BCUT2D eigenvalue weighted by Gasteiger charge is 2.15. The highest BCUT2D eigenvalue weighted by molar-refractivity contribution is 5.99. The molecule has 0 amide bonds. The number of para-hydroxylation sites is 10. The summed E-state index contributed by atoms with van der Waals surface area (Å²) in [5.74, 6) is 6.39. The van der Waals surface area contributed by atoms with E-state index in [-0.39, 0.29) is 6.61 Å². The first-order valence-corrected chi connectivity index (χ1v) is 32.9. The van der Waals surface area contributed by atoms with Crippen LogP contribution in [-0.2, 0) is 13.2 Å². The SMILES string of the molecule is CCCC1=NCCN1.Cc1nc2ccccc2[nH]1.OCc1nc2ccccc2[nH]1.[C-]#[N+]Cc1nc2ccccc2[nH]1.c1ccc(-c2nc(-c3ccccc3)c(-c3ccccc3)[nH]2)cc1.c1ccc(-c2nc3ccccc3[nH]2)cc1.c1ccc(C2=NCCN2)cc1.c1ccc2[nH]cnc2c1. The van der Waals surface area contributed by atoms with Gasteiger partial charge in [-0.15, -0.1) is 0 Å². The van der Waals surface area contributed by atoms with Gasteiger partial charge in [-0.2, -0.15) is 0 Å². The summed E-state index contributed by atoms with van der Waals surface area (Å²) in [6, 6.07) is 90.7. The molecule has 0 aliphatic carbocycles. The molecule has 0 fully saturated rings. The minimum atomic E-state index is -0.0331. The summed E-state index contributed by atoms with van der Waals surface area (Å²) in [4.78, 5) is 56.9. The molecular weight excluding hydrogens is 1230 g/mol. The minimum Gasteiger partial charge on any atom is -0.388 e. The van der Waals surface area contributed by atoms with E-state index in [4.69, 9.17) is 16.7 Å². The Morgan fingerprint density at radius 3 is 1.32 bits per heavy atom. The first-order valence-electron chi connectivity index (χ1n) is 32.9. The first-order chi connectivity index (χ1) is 48.9. The summed E-state index contributed by atoms with van der Waals surface area (Å²) in [5.41, 5.74) is 17.8. The van der Waals surface area contributed by atoms with Gasteiger partial charge in [0.15, 0.2) is 5.82 Å². The summed E-state index contributed by atoms with van der Waals surface area (Å²) in [5, 5.41) is 15.2. The Morgan fingerprint density at radius 1 is 0.404 bits per heavy atom. The highest BCUT2D eigenvalue weighted by Crippen LogP contribution is 2.33. The number of H-pyrrole nitrogens is 6. The van der Waals surface area contributed by atoms with Gasteiger partial charge in [0.05, 0.1) is 91.8 Å². The third-order valence-corrected chi connectivity index (χ3v) is 15.3. The smallest absolute Gasteiger partial charge is 0.271 e. The number of benzene rings is 10. The van der Waals surface area contributed by atoms with Crippen molar-refractivity contribution in [2.75, 3.05) is 26.2 Å². The number of hydrogen-bond donors (Lipinski definition) is 9. The van der Waals surface area contributed by atoms with Gasteiger partial charge >= 0.3 is 0 Å². The number of nitrogens with zero attached hydrogens (tertiary/aromatic N) is 9. The number of aliphatic hydroxyl groups is 1. The lowest BCUT2D eigenvalue weighted by Crippen LogP contribution is -2.19. The number of hydrogen-bond acceptors (Lipinski definition) is 11. The Kier molecular flexibility index (Phi) is 24.3. The van der Waals surface area contributed by atoms with Crippen molar-refractivity contribution in [3.05, 3.63) is 314 Å². The molecule has 99 heavy (non-hydrogen) atoms. The molecule has 0 saturated carbocycles. The normalized spacial score (nSPS) is 11.7. The first kappa shape index (κ1) is 67.6. The number of aliphatic hydroxyl groups excluding tert-OH is 1. The van der Waals surface area contributed by atoms with Gasteiger partial charge in [-0.05, 0) is 74.0 Å². The van der Waals surface area contributed by atoms with Crippen molar-refractivity contribution in [3.8, 4) is 45.3 Å². The standard InChI is InChI=1S/C21H16N2.C13H10N2.C9H7N3.C9H10N2.C8H8N2O.C8H8N2.C7H6N2.C6H12N2/c1-4-10-16(11-5-1)19-20(17-12-6-2-7-13-17)23-21(22-19)18-14-8-3-9-15-18;1-2-6-10(7-3-1)13-14-11-8-4-5-9-12(11)15-13;1-10-6-9-11-7-4-2-3-5-8(7)12-9;1-2-4-8(5-3-1)9-10-6-7-11-9;11-5-8-9-6-3-1-2-4-7(6)10-8;1-6-9-7-4-2-3-5-8(7)10-6;1-2-4-7-6(3-1)8-5-9-7;1-2-3-6-7-4-5-8-6/h1-15H,(H,22,23);1-9H,(H,14,15);2-5H,6H2,(H,11,12);1-5H,6-7H2,(H,10,11);1-4,11H,5H2,(H,9,10);2-5H,1H3,(H,9,10);1-5H,(H,8,9);2-5H2,1H3,(H,7,8). The quantitative estimate of drug-likeness (QED) is 0.0623. The maximum Gasteiger partial charge on any atom is 0.271 e. The van der Waals surface area contributed by atoms with Gasteiger partial charge < -0.3 is 50.5 Å². The molecule has 0 radical (unpaired) electrons. The van der Waals surface area contributed by atoms with Crippen molar-refractivity contribution in [1.29, 1.82) is 0 Å². The lowest BCUT2D eigenvalue weighted by molar-refractivity contribution is 0.273. The maximum atomic E-state index is 8.74. The third kappa shape index (κ3) is 19.4. The molecule has 0 bridgehead atoms. The van der Waals surface area contributed by atoms with Crippen molar-refractivity contribution in [1.82, 2.24) is 70.4 Å². The van der Waals surface area contributed by atoms with Gasteiger partial charge in [0.25, 0.3) is 6.54 Å². The molecule has 9 N–H and O–H groups in total. The molecule has 16 aromatic rings. The number of fused-ring (bicyclic) bond motifs is 5. The average molecular weight is 1300 g/mol. The van der Waals surface area contributed by atoms with Crippen LogP contribution in [0.2, 0.25) is 0 Å². The van der Waals surface area contributed by atoms with E-state index < -0.39 is 0 Å². The van der Waals surface area contributed by atoms with E-state index >= 15 is 0 Å². The second-order valence-corrected chi connectivity index (χ2v) is 22.5. The number of amidine groups is 2. The van der Waals surface area contributed by atoms with Gasteiger partial charge in [0.1, 0.15) is 35.7 Å². The van der Waals surface area contributed by atoms with Crippen LogP contribution in [0.5, 0.6) is 0 Å². The van der Waals surface area contributed by atoms with Crippen molar-refractivity contribution in [3.63, 3.8) is 0 Å². The van der Waals surface area contributed by atoms with Crippen LogP contribution < -0.4 is 10.6 Å². The molecule has 0 spiro atoms. The summed E-state index contributed by atoms with van der Waals surface area (Å²) in [7, 11) is 0. The number of aryl methyl sites for hydroxylation is 1. The molecular formula is C81H77N17O. The molecule has 6 aromatic heterocycles. The van der Waals surface area contributed by atoms with Crippen molar-refractivity contribution in [2.45, 2.75) is 39.8 Å². The van der Waals surface area contributed by atoms with Gasteiger partial charge in [0, 0.05) is 47.3 Å². The number of aliphatic imine (C=N–C) groups is 2. The van der Waals surface area contributed by atoms with Gasteiger partial charge in [-0.25, -0.2) is 36.5 Å². The topological polar surface area (TPSA) is 245 Å². The third-order valence-electron chi connectivity index (χ3n) is 15.3.